The van der Waals surface area contributed by atoms with Gasteiger partial charge in [-0.25, -0.2) is 0 Å². The molecule has 0 saturated carbocycles. The number of amides is 1. The zero-order valence-electron chi connectivity index (χ0n) is 22.6. The van der Waals surface area contributed by atoms with E-state index in [1.54, 1.807) is 19.1 Å². The zero-order valence-corrected chi connectivity index (χ0v) is 22.6. The number of Topliss-reactive ketones (excluding diaryl/α,β-unsaturated/α-hetero) is 1. The van der Waals surface area contributed by atoms with Gasteiger partial charge in [-0.1, -0.05) is 26.0 Å². The van der Waals surface area contributed by atoms with Gasteiger partial charge in [0.1, 0.15) is 0 Å². The first-order valence-electron chi connectivity index (χ1n) is 12.3. The maximum Gasteiger partial charge on any atom is 0.418 e. The first kappa shape index (κ1) is 28.1. The van der Waals surface area contributed by atoms with Gasteiger partial charge in [-0.2, -0.15) is 13.2 Å². The number of alkyl halides is 3. The quantitative estimate of drug-likeness (QED) is 0.466. The standard InChI is InChI=1S/C29H31F3N2O5/c1-15-23(27(36)34-18-10-8-7-9-17(18)29(30,31)32)24(25-19(33-15)13-28(2,3)14-20(25)35)16-11-21(37-4)26(39-6)22(12-16)38-5/h7-12,24,33H,13-14H2,1-6H3,(H,34,36)/t24-/m1/s1. The number of ether oxygens (including phenoxy) is 3. The smallest absolute Gasteiger partial charge is 0.418 e. The predicted molar refractivity (Wildman–Crippen MR) is 140 cm³/mol. The summed E-state index contributed by atoms with van der Waals surface area (Å²) in [6.45, 7) is 5.64. The lowest BCUT2D eigenvalue weighted by Gasteiger charge is -2.39. The lowest BCUT2D eigenvalue weighted by molar-refractivity contribution is -0.137. The van der Waals surface area contributed by atoms with Crippen molar-refractivity contribution in [3.63, 3.8) is 0 Å². The Bertz CT molecular complexity index is 1370. The number of carbonyl (C=O) groups excluding carboxylic acids is 2. The fourth-order valence-corrected chi connectivity index (χ4v) is 5.37. The molecule has 4 rings (SSSR count). The minimum absolute atomic E-state index is 0.119. The monoisotopic (exact) mass is 544 g/mol. The minimum Gasteiger partial charge on any atom is -0.493 e. The van der Waals surface area contributed by atoms with E-state index < -0.39 is 23.6 Å². The Morgan fingerprint density at radius 3 is 2.21 bits per heavy atom. The third-order valence-corrected chi connectivity index (χ3v) is 6.99. The molecule has 7 nitrogen and oxygen atoms in total. The first-order valence-corrected chi connectivity index (χ1v) is 12.3. The Labute approximate surface area is 225 Å². The number of benzene rings is 2. The molecule has 1 aliphatic carbocycles. The van der Waals surface area contributed by atoms with Crippen LogP contribution in [-0.2, 0) is 15.8 Å². The van der Waals surface area contributed by atoms with E-state index >= 15 is 0 Å². The normalized spacial score (nSPS) is 18.8. The van der Waals surface area contributed by atoms with Crippen molar-refractivity contribution >= 4 is 17.4 Å². The number of dihydropyridines is 1. The summed E-state index contributed by atoms with van der Waals surface area (Å²) in [6.07, 6.45) is -3.87. The van der Waals surface area contributed by atoms with E-state index in [0.717, 1.165) is 6.07 Å². The van der Waals surface area contributed by atoms with Gasteiger partial charge in [-0.3, -0.25) is 9.59 Å². The summed E-state index contributed by atoms with van der Waals surface area (Å²) < 4.78 is 57.5. The van der Waals surface area contributed by atoms with Crippen LogP contribution in [-0.4, -0.2) is 33.0 Å². The molecule has 2 aromatic carbocycles. The van der Waals surface area contributed by atoms with Crippen LogP contribution in [0.2, 0.25) is 0 Å². The second-order valence-corrected chi connectivity index (χ2v) is 10.4. The number of hydrogen-bond acceptors (Lipinski definition) is 6. The van der Waals surface area contributed by atoms with E-state index in [9.17, 15) is 22.8 Å². The van der Waals surface area contributed by atoms with Crippen LogP contribution >= 0.6 is 0 Å². The molecular weight excluding hydrogens is 513 g/mol. The molecule has 1 aliphatic heterocycles. The Balaban J connectivity index is 1.90. The Kier molecular flexibility index (Phi) is 7.42. The number of halogens is 3. The Hall–Kier alpha value is -3.95. The number of methoxy groups -OCH3 is 3. The van der Waals surface area contributed by atoms with Crippen LogP contribution in [0.15, 0.2) is 58.9 Å². The molecule has 0 saturated heterocycles. The summed E-state index contributed by atoms with van der Waals surface area (Å²) in [6, 6.07) is 8.07. The number of ketones is 1. The number of para-hydroxylation sites is 1. The highest BCUT2D eigenvalue weighted by atomic mass is 19.4. The molecule has 2 aromatic rings. The van der Waals surface area contributed by atoms with Crippen molar-refractivity contribution in [2.24, 2.45) is 5.41 Å². The lowest BCUT2D eigenvalue weighted by Crippen LogP contribution is -2.39. The van der Waals surface area contributed by atoms with Gasteiger partial charge in [-0.05, 0) is 48.6 Å². The van der Waals surface area contributed by atoms with Gasteiger partial charge in [-0.15, -0.1) is 0 Å². The number of hydrogen-bond donors (Lipinski definition) is 2. The fourth-order valence-electron chi connectivity index (χ4n) is 5.37. The van der Waals surface area contributed by atoms with Crippen molar-refractivity contribution < 1.29 is 37.0 Å². The molecule has 2 N–H and O–H groups in total. The van der Waals surface area contributed by atoms with Crippen molar-refractivity contribution in [1.29, 1.82) is 0 Å². The van der Waals surface area contributed by atoms with E-state index in [4.69, 9.17) is 14.2 Å². The largest absolute Gasteiger partial charge is 0.493 e. The van der Waals surface area contributed by atoms with Crippen molar-refractivity contribution in [2.75, 3.05) is 26.6 Å². The molecule has 1 amide bonds. The van der Waals surface area contributed by atoms with E-state index in [1.807, 2.05) is 13.8 Å². The van der Waals surface area contributed by atoms with Gasteiger partial charge in [0.2, 0.25) is 5.75 Å². The van der Waals surface area contributed by atoms with Gasteiger partial charge in [0, 0.05) is 34.9 Å². The summed E-state index contributed by atoms with van der Waals surface area (Å²) in [5, 5.41) is 5.66. The van der Waals surface area contributed by atoms with Crippen molar-refractivity contribution in [2.45, 2.75) is 45.7 Å². The lowest BCUT2D eigenvalue weighted by atomic mass is 9.68. The van der Waals surface area contributed by atoms with E-state index in [1.165, 1.54) is 39.5 Å². The van der Waals surface area contributed by atoms with Crippen LogP contribution in [0.5, 0.6) is 17.2 Å². The molecule has 2 aliphatic rings. The maximum atomic E-state index is 13.8. The van der Waals surface area contributed by atoms with Gasteiger partial charge >= 0.3 is 6.18 Å². The molecule has 0 unspecified atom stereocenters. The van der Waals surface area contributed by atoms with E-state index in [-0.39, 0.29) is 28.9 Å². The highest BCUT2D eigenvalue weighted by molar-refractivity contribution is 6.10. The van der Waals surface area contributed by atoms with Crippen molar-refractivity contribution in [3.05, 3.63) is 70.1 Å². The molecule has 208 valence electrons. The molecule has 0 spiro atoms. The van der Waals surface area contributed by atoms with Gasteiger partial charge < -0.3 is 24.8 Å². The fraction of sp³-hybridized carbons (Fsp3) is 0.379. The van der Waals surface area contributed by atoms with Gasteiger partial charge in [0.15, 0.2) is 17.3 Å². The molecule has 1 atom stereocenters. The van der Waals surface area contributed by atoms with Gasteiger partial charge in [0.05, 0.1) is 32.6 Å². The number of rotatable bonds is 6. The van der Waals surface area contributed by atoms with Crippen LogP contribution in [0.3, 0.4) is 0 Å². The third-order valence-electron chi connectivity index (χ3n) is 6.99. The Morgan fingerprint density at radius 1 is 1.03 bits per heavy atom. The number of nitrogens with one attached hydrogen (secondary N) is 2. The number of carbonyl (C=O) groups is 2. The molecule has 10 heteroatoms. The summed E-state index contributed by atoms with van der Waals surface area (Å²) >= 11 is 0. The molecule has 0 bridgehead atoms. The molecule has 39 heavy (non-hydrogen) atoms. The molecular formula is C29H31F3N2O5. The zero-order chi connectivity index (χ0) is 28.7. The SMILES string of the molecule is COc1cc([C@@H]2C(C(=O)Nc3ccccc3C(F)(F)F)=C(C)NC3=C2C(=O)CC(C)(C)C3)cc(OC)c1OC. The van der Waals surface area contributed by atoms with Crippen LogP contribution in [0.4, 0.5) is 18.9 Å². The van der Waals surface area contributed by atoms with Gasteiger partial charge in [0.25, 0.3) is 5.91 Å². The summed E-state index contributed by atoms with van der Waals surface area (Å²) in [5.74, 6) is -0.849. The third kappa shape index (κ3) is 5.32. The summed E-state index contributed by atoms with van der Waals surface area (Å²) in [4.78, 5) is 27.4. The van der Waals surface area contributed by atoms with E-state index in [2.05, 4.69) is 10.6 Å². The van der Waals surface area contributed by atoms with Crippen molar-refractivity contribution in [3.8, 4) is 17.2 Å². The highest BCUT2D eigenvalue weighted by Crippen LogP contribution is 2.50. The molecule has 0 fully saturated rings. The Morgan fingerprint density at radius 2 is 1.64 bits per heavy atom. The van der Waals surface area contributed by atoms with Crippen molar-refractivity contribution in [1.82, 2.24) is 5.32 Å². The topological polar surface area (TPSA) is 85.9 Å². The highest BCUT2D eigenvalue weighted by Gasteiger charge is 2.43. The average molecular weight is 545 g/mol. The average Bonchev–Trinajstić information content (AvgIpc) is 2.85. The molecule has 1 heterocycles. The summed E-state index contributed by atoms with van der Waals surface area (Å²) in [5.41, 5.74) is 0.459. The van der Waals surface area contributed by atoms with Crippen LogP contribution in [0.1, 0.15) is 50.7 Å². The maximum absolute atomic E-state index is 13.8. The number of allylic oxidation sites excluding steroid dienone is 3. The number of anilines is 1. The van der Waals surface area contributed by atoms with E-state index in [0.29, 0.717) is 46.2 Å². The minimum atomic E-state index is -4.67. The molecule has 0 radical (unpaired) electrons. The molecule has 0 aromatic heterocycles. The van der Waals surface area contributed by atoms with Crippen LogP contribution < -0.4 is 24.8 Å². The second-order valence-electron chi connectivity index (χ2n) is 10.4. The van der Waals surface area contributed by atoms with Crippen LogP contribution in [0.25, 0.3) is 0 Å². The first-order chi connectivity index (χ1) is 18.3. The predicted octanol–water partition coefficient (Wildman–Crippen LogP) is 5.97. The second kappa shape index (κ2) is 10.3. The van der Waals surface area contributed by atoms with Crippen LogP contribution in [0, 0.1) is 5.41 Å². The summed E-state index contributed by atoms with van der Waals surface area (Å²) in [7, 11) is 4.36.